The second kappa shape index (κ2) is 8.97. The van der Waals surface area contributed by atoms with Gasteiger partial charge in [-0.3, -0.25) is 0 Å². The summed E-state index contributed by atoms with van der Waals surface area (Å²) >= 11 is 0. The summed E-state index contributed by atoms with van der Waals surface area (Å²) in [5, 5.41) is 13.5. The fraction of sp³-hybridized carbons (Fsp3) is 0.208. The maximum absolute atomic E-state index is 10.2. The zero-order valence-corrected chi connectivity index (χ0v) is 17.6. The third-order valence-corrected chi connectivity index (χ3v) is 5.41. The quantitative estimate of drug-likeness (QED) is 0.454. The number of ether oxygens (including phenoxy) is 1. The molecule has 0 aliphatic carbocycles. The number of phenols is 1. The highest BCUT2D eigenvalue weighted by molar-refractivity contribution is 5.69. The van der Waals surface area contributed by atoms with Crippen molar-refractivity contribution in [3.8, 4) is 11.5 Å². The summed E-state index contributed by atoms with van der Waals surface area (Å²) in [5.41, 5.74) is 2.81. The van der Waals surface area contributed by atoms with Crippen molar-refractivity contribution in [1.82, 2.24) is 19.5 Å². The third kappa shape index (κ3) is 4.34. The van der Waals surface area contributed by atoms with E-state index in [0.717, 1.165) is 54.4 Å². The Kier molecular flexibility index (Phi) is 5.57. The molecule has 0 saturated carbocycles. The summed E-state index contributed by atoms with van der Waals surface area (Å²) in [5.74, 6) is 2.41. The molecule has 0 unspecified atom stereocenters. The summed E-state index contributed by atoms with van der Waals surface area (Å²) in [6, 6.07) is 15.2. The van der Waals surface area contributed by atoms with Crippen molar-refractivity contribution in [3.05, 3.63) is 79.0 Å². The minimum Gasteiger partial charge on any atom is -0.508 e. The molecule has 5 rings (SSSR count). The van der Waals surface area contributed by atoms with E-state index in [-0.39, 0.29) is 0 Å². The number of hydrogen-bond acceptors (Lipinski definition) is 7. The molecule has 0 fully saturated rings. The predicted molar refractivity (Wildman–Crippen MR) is 123 cm³/mol. The highest BCUT2D eigenvalue weighted by atomic mass is 16.5. The van der Waals surface area contributed by atoms with E-state index in [2.05, 4.69) is 20.2 Å². The number of aromatic hydroxyl groups is 1. The zero-order chi connectivity index (χ0) is 21.8. The largest absolute Gasteiger partial charge is 0.508 e. The van der Waals surface area contributed by atoms with Crippen LogP contribution in [0.2, 0.25) is 0 Å². The molecule has 0 atom stereocenters. The van der Waals surface area contributed by atoms with Crippen LogP contribution in [0.3, 0.4) is 0 Å². The van der Waals surface area contributed by atoms with Crippen molar-refractivity contribution < 1.29 is 9.84 Å². The van der Waals surface area contributed by atoms with E-state index in [1.807, 2.05) is 53.2 Å². The standard InChI is InChI=1S/C24H24N6O2/c31-22-8-2-7-21-20(22)6-3-12-30(21)23-9-10-26-24(28-23)27-18-4-1-5-19(16-18)32-15-14-29-13-11-25-17-29/h1-2,4-5,7-11,13,16-17,31H,3,6,12,14-15H2,(H,26,27,28). The van der Waals surface area contributed by atoms with Gasteiger partial charge in [0.25, 0.3) is 0 Å². The average Bonchev–Trinajstić information content (AvgIpc) is 3.33. The Balaban J connectivity index is 1.29. The number of phenolic OH excluding ortho intramolecular Hbond substituents is 1. The monoisotopic (exact) mass is 428 g/mol. The minimum atomic E-state index is 0.337. The Morgan fingerprint density at radius 3 is 2.94 bits per heavy atom. The van der Waals surface area contributed by atoms with E-state index in [1.54, 1.807) is 24.8 Å². The van der Waals surface area contributed by atoms with Gasteiger partial charge in [0.05, 0.1) is 12.9 Å². The van der Waals surface area contributed by atoms with Gasteiger partial charge in [-0.1, -0.05) is 12.1 Å². The van der Waals surface area contributed by atoms with Gasteiger partial charge >= 0.3 is 0 Å². The molecule has 1 aliphatic rings. The third-order valence-electron chi connectivity index (χ3n) is 5.41. The van der Waals surface area contributed by atoms with Crippen LogP contribution < -0.4 is 15.0 Å². The number of aromatic nitrogens is 4. The zero-order valence-electron chi connectivity index (χ0n) is 17.6. The lowest BCUT2D eigenvalue weighted by Gasteiger charge is -2.30. The first-order valence-electron chi connectivity index (χ1n) is 10.6. The molecule has 0 amide bonds. The normalized spacial score (nSPS) is 12.9. The van der Waals surface area contributed by atoms with Gasteiger partial charge in [-0.25, -0.2) is 9.97 Å². The van der Waals surface area contributed by atoms with E-state index in [0.29, 0.717) is 18.3 Å². The van der Waals surface area contributed by atoms with Crippen LogP contribution in [0.1, 0.15) is 12.0 Å². The fourth-order valence-corrected chi connectivity index (χ4v) is 3.88. The number of rotatable bonds is 7. The fourth-order valence-electron chi connectivity index (χ4n) is 3.88. The van der Waals surface area contributed by atoms with E-state index in [9.17, 15) is 5.11 Å². The van der Waals surface area contributed by atoms with Crippen molar-refractivity contribution in [1.29, 1.82) is 0 Å². The molecular weight excluding hydrogens is 404 g/mol. The van der Waals surface area contributed by atoms with Crippen LogP contribution in [0, 0.1) is 0 Å². The molecule has 4 aromatic rings. The lowest BCUT2D eigenvalue weighted by molar-refractivity contribution is 0.298. The highest BCUT2D eigenvalue weighted by Gasteiger charge is 2.21. The van der Waals surface area contributed by atoms with Crippen molar-refractivity contribution in [2.75, 3.05) is 23.4 Å². The van der Waals surface area contributed by atoms with Crippen LogP contribution in [0.5, 0.6) is 11.5 Å². The van der Waals surface area contributed by atoms with Gasteiger partial charge in [-0.05, 0) is 43.2 Å². The Bertz CT molecular complexity index is 1190. The van der Waals surface area contributed by atoms with Crippen LogP contribution in [-0.4, -0.2) is 37.8 Å². The Labute approximate surface area is 186 Å². The highest BCUT2D eigenvalue weighted by Crippen LogP contribution is 2.37. The van der Waals surface area contributed by atoms with E-state index < -0.39 is 0 Å². The smallest absolute Gasteiger partial charge is 0.229 e. The van der Waals surface area contributed by atoms with Crippen LogP contribution in [0.25, 0.3) is 0 Å². The molecular formula is C24H24N6O2. The molecule has 3 heterocycles. The molecule has 2 N–H and O–H groups in total. The molecule has 2 aromatic carbocycles. The van der Waals surface area contributed by atoms with Crippen molar-refractivity contribution in [2.24, 2.45) is 0 Å². The summed E-state index contributed by atoms with van der Waals surface area (Å²) < 4.78 is 7.84. The number of hydrogen-bond donors (Lipinski definition) is 2. The van der Waals surface area contributed by atoms with Crippen LogP contribution in [-0.2, 0) is 13.0 Å². The van der Waals surface area contributed by atoms with Gasteiger partial charge in [0.2, 0.25) is 5.95 Å². The predicted octanol–water partition coefficient (Wildman–Crippen LogP) is 4.29. The van der Waals surface area contributed by atoms with Gasteiger partial charge in [0, 0.05) is 48.1 Å². The average molecular weight is 428 g/mol. The maximum Gasteiger partial charge on any atom is 0.229 e. The second-order valence-corrected chi connectivity index (χ2v) is 7.57. The molecule has 0 bridgehead atoms. The van der Waals surface area contributed by atoms with Gasteiger partial charge in [-0.2, -0.15) is 4.98 Å². The van der Waals surface area contributed by atoms with Crippen LogP contribution >= 0.6 is 0 Å². The lowest BCUT2D eigenvalue weighted by Crippen LogP contribution is -2.25. The number of nitrogens with one attached hydrogen (secondary N) is 1. The second-order valence-electron chi connectivity index (χ2n) is 7.57. The molecule has 0 radical (unpaired) electrons. The lowest BCUT2D eigenvalue weighted by atomic mass is 10.0. The first-order chi connectivity index (χ1) is 15.8. The Morgan fingerprint density at radius 2 is 2.03 bits per heavy atom. The molecule has 8 heteroatoms. The number of imidazole rings is 1. The van der Waals surface area contributed by atoms with Gasteiger partial charge < -0.3 is 24.6 Å². The molecule has 2 aromatic heterocycles. The first-order valence-corrected chi connectivity index (χ1v) is 10.6. The summed E-state index contributed by atoms with van der Waals surface area (Å²) in [6.07, 6.45) is 9.00. The van der Waals surface area contributed by atoms with Crippen molar-refractivity contribution in [3.63, 3.8) is 0 Å². The summed E-state index contributed by atoms with van der Waals surface area (Å²) in [4.78, 5) is 15.3. The number of benzene rings is 2. The van der Waals surface area contributed by atoms with Gasteiger partial charge in [0.1, 0.15) is 23.9 Å². The van der Waals surface area contributed by atoms with Gasteiger partial charge in [0.15, 0.2) is 0 Å². The van der Waals surface area contributed by atoms with E-state index in [1.165, 1.54) is 0 Å². The molecule has 8 nitrogen and oxygen atoms in total. The van der Waals surface area contributed by atoms with Crippen LogP contribution in [0.4, 0.5) is 23.1 Å². The summed E-state index contributed by atoms with van der Waals surface area (Å²) in [6.45, 7) is 2.12. The van der Waals surface area contributed by atoms with Crippen molar-refractivity contribution in [2.45, 2.75) is 19.4 Å². The SMILES string of the molecule is Oc1cccc2c1CCCN2c1ccnc(Nc2cccc(OCCn3ccnc3)c2)n1. The Morgan fingerprint density at radius 1 is 1.09 bits per heavy atom. The van der Waals surface area contributed by atoms with Gasteiger partial charge in [-0.15, -0.1) is 0 Å². The molecule has 32 heavy (non-hydrogen) atoms. The first kappa shape index (κ1) is 19.9. The van der Waals surface area contributed by atoms with Crippen molar-refractivity contribution >= 4 is 23.1 Å². The van der Waals surface area contributed by atoms with E-state index >= 15 is 0 Å². The number of anilines is 4. The number of nitrogens with zero attached hydrogens (tertiary/aromatic N) is 5. The Hall–Kier alpha value is -4.07. The maximum atomic E-state index is 10.2. The van der Waals surface area contributed by atoms with Crippen LogP contribution in [0.15, 0.2) is 73.4 Å². The molecule has 0 spiro atoms. The molecule has 162 valence electrons. The van der Waals surface area contributed by atoms with E-state index in [4.69, 9.17) is 9.72 Å². The summed E-state index contributed by atoms with van der Waals surface area (Å²) in [7, 11) is 0. The topological polar surface area (TPSA) is 88.3 Å². The molecule has 0 saturated heterocycles. The minimum absolute atomic E-state index is 0.337. The number of fused-ring (bicyclic) bond motifs is 1. The molecule has 1 aliphatic heterocycles.